The van der Waals surface area contributed by atoms with Crippen LogP contribution in [-0.2, 0) is 23.1 Å². The third-order valence-corrected chi connectivity index (χ3v) is 7.07. The van der Waals surface area contributed by atoms with Gasteiger partial charge in [-0.3, -0.25) is 13.9 Å². The monoisotopic (exact) mass is 470 g/mol. The Labute approximate surface area is 193 Å². The van der Waals surface area contributed by atoms with Crippen molar-refractivity contribution >= 4 is 16.7 Å². The molecular weight excluding hydrogens is 447 g/mol. The van der Waals surface area contributed by atoms with Crippen LogP contribution in [0.25, 0.3) is 0 Å². The third kappa shape index (κ3) is 4.94. The van der Waals surface area contributed by atoms with Crippen molar-refractivity contribution in [3.8, 4) is 11.5 Å². The summed E-state index contributed by atoms with van der Waals surface area (Å²) in [5.74, 6) is 1.83. The Balaban J connectivity index is 1.14. The zero-order valence-corrected chi connectivity index (χ0v) is 18.7. The highest BCUT2D eigenvalue weighted by Gasteiger charge is 2.25. The second-order valence-corrected chi connectivity index (χ2v) is 9.42. The smallest absolute Gasteiger partial charge is 0.289 e. The first-order chi connectivity index (χ1) is 16.0. The van der Waals surface area contributed by atoms with Gasteiger partial charge < -0.3 is 18.8 Å². The number of hydrogen-bond donors (Lipinski definition) is 0. The van der Waals surface area contributed by atoms with Gasteiger partial charge in [0.15, 0.2) is 17.3 Å². The number of carbonyl (C=O) groups is 1. The van der Waals surface area contributed by atoms with Gasteiger partial charge in [-0.05, 0) is 54.1 Å². The second-order valence-electron chi connectivity index (χ2n) is 7.97. The predicted molar refractivity (Wildman–Crippen MR) is 119 cm³/mol. The van der Waals surface area contributed by atoms with Gasteiger partial charge in [0, 0.05) is 37.6 Å². The molecule has 5 rings (SSSR count). The normalized spacial score (nSPS) is 16.7. The summed E-state index contributed by atoms with van der Waals surface area (Å²) < 4.78 is 42.0. The quantitative estimate of drug-likeness (QED) is 0.550. The molecule has 0 saturated carbocycles. The lowest BCUT2D eigenvalue weighted by Gasteiger charge is -2.34. The van der Waals surface area contributed by atoms with Crippen LogP contribution < -0.4 is 9.47 Å². The molecule has 3 heterocycles. The van der Waals surface area contributed by atoms with Crippen molar-refractivity contribution in [2.75, 3.05) is 33.0 Å². The molecule has 172 valence electrons. The third-order valence-electron chi connectivity index (χ3n) is 5.72. The highest BCUT2D eigenvalue weighted by molar-refractivity contribution is 7.84. The minimum absolute atomic E-state index is 0.127. The van der Waals surface area contributed by atoms with E-state index in [9.17, 15) is 13.4 Å². The Morgan fingerprint density at radius 2 is 1.70 bits per heavy atom. The molecule has 3 aromatic rings. The lowest BCUT2D eigenvalue weighted by molar-refractivity contribution is 0.0596. The maximum Gasteiger partial charge on any atom is 0.289 e. The number of ether oxygens (including phenoxy) is 2. The van der Waals surface area contributed by atoms with Crippen LogP contribution in [0.1, 0.15) is 21.9 Å². The van der Waals surface area contributed by atoms with Crippen molar-refractivity contribution in [2.24, 2.45) is 0 Å². The molecule has 7 nitrogen and oxygen atoms in total. The van der Waals surface area contributed by atoms with Crippen molar-refractivity contribution in [2.45, 2.75) is 17.2 Å². The maximum atomic E-state index is 13.1. The summed E-state index contributed by atoms with van der Waals surface area (Å²) in [5, 5.41) is 0. The summed E-state index contributed by atoms with van der Waals surface area (Å²) >= 11 is 0. The van der Waals surface area contributed by atoms with Crippen molar-refractivity contribution in [1.82, 2.24) is 9.80 Å². The molecule has 0 radical (unpaired) electrons. The number of hydrogen-bond acceptors (Lipinski definition) is 6. The summed E-state index contributed by atoms with van der Waals surface area (Å²) in [7, 11) is -1.38. The first-order valence-corrected chi connectivity index (χ1v) is 12.0. The lowest BCUT2D eigenvalue weighted by Crippen LogP contribution is -2.48. The van der Waals surface area contributed by atoms with E-state index in [1.165, 1.54) is 24.3 Å². The Bertz CT molecular complexity index is 1170. The average molecular weight is 471 g/mol. The number of furan rings is 1. The number of rotatable bonds is 6. The fraction of sp³-hybridized carbons (Fsp3) is 0.292. The van der Waals surface area contributed by atoms with Gasteiger partial charge in [-0.25, -0.2) is 4.39 Å². The highest BCUT2D eigenvalue weighted by Crippen LogP contribution is 2.32. The number of nitrogens with zero attached hydrogens (tertiary/aromatic N) is 2. The molecule has 2 aliphatic heterocycles. The summed E-state index contributed by atoms with van der Waals surface area (Å²) in [5.41, 5.74) is 1.14. The number of fused-ring (bicyclic) bond motifs is 1. The summed E-state index contributed by atoms with van der Waals surface area (Å²) in [6.45, 7) is 3.74. The molecular formula is C24H23FN2O5S. The van der Waals surface area contributed by atoms with Gasteiger partial charge in [-0.15, -0.1) is 0 Å². The van der Waals surface area contributed by atoms with Gasteiger partial charge in [-0.2, -0.15) is 0 Å². The number of benzene rings is 2. The molecule has 1 saturated heterocycles. The molecule has 0 bridgehead atoms. The topological polar surface area (TPSA) is 72.2 Å². The zero-order valence-electron chi connectivity index (χ0n) is 17.9. The Morgan fingerprint density at radius 3 is 2.48 bits per heavy atom. The number of halogens is 1. The molecule has 9 heteroatoms. The van der Waals surface area contributed by atoms with Crippen LogP contribution in [0.4, 0.5) is 4.39 Å². The molecule has 0 aliphatic carbocycles. The molecule has 1 atom stereocenters. The van der Waals surface area contributed by atoms with Crippen molar-refractivity contribution < 1.29 is 27.3 Å². The lowest BCUT2D eigenvalue weighted by atomic mass is 10.1. The van der Waals surface area contributed by atoms with Gasteiger partial charge in [-0.1, -0.05) is 6.07 Å². The van der Waals surface area contributed by atoms with Gasteiger partial charge >= 0.3 is 0 Å². The van der Waals surface area contributed by atoms with Crippen LogP contribution in [0.5, 0.6) is 11.5 Å². The first-order valence-electron chi connectivity index (χ1n) is 10.7. The van der Waals surface area contributed by atoms with Crippen LogP contribution in [0.3, 0.4) is 0 Å². The van der Waals surface area contributed by atoms with Crippen LogP contribution >= 0.6 is 0 Å². The molecule has 1 unspecified atom stereocenters. The van der Waals surface area contributed by atoms with Crippen molar-refractivity contribution in [3.63, 3.8) is 0 Å². The van der Waals surface area contributed by atoms with E-state index in [-0.39, 0.29) is 30.0 Å². The van der Waals surface area contributed by atoms with E-state index in [2.05, 4.69) is 4.90 Å². The fourth-order valence-corrected chi connectivity index (χ4v) is 4.95. The van der Waals surface area contributed by atoms with Crippen LogP contribution in [0.2, 0.25) is 0 Å². The molecule has 2 aliphatic rings. The minimum atomic E-state index is -1.38. The minimum Gasteiger partial charge on any atom is -0.455 e. The highest BCUT2D eigenvalue weighted by atomic mass is 32.2. The van der Waals surface area contributed by atoms with Crippen LogP contribution in [0.15, 0.2) is 63.9 Å². The van der Waals surface area contributed by atoms with Crippen LogP contribution in [-0.4, -0.2) is 52.9 Å². The van der Waals surface area contributed by atoms with E-state index in [1.54, 1.807) is 17.0 Å². The summed E-state index contributed by atoms with van der Waals surface area (Å²) in [6, 6.07) is 14.8. The van der Waals surface area contributed by atoms with Gasteiger partial charge in [0.25, 0.3) is 5.91 Å². The van der Waals surface area contributed by atoms with Crippen LogP contribution in [0, 0.1) is 5.82 Å². The molecule has 1 fully saturated rings. The Kier molecular flexibility index (Phi) is 6.15. The predicted octanol–water partition coefficient (Wildman–Crippen LogP) is 3.41. The molecule has 2 aromatic carbocycles. The van der Waals surface area contributed by atoms with E-state index in [4.69, 9.17) is 13.9 Å². The largest absolute Gasteiger partial charge is 0.455 e. The Hall–Kier alpha value is -3.17. The van der Waals surface area contributed by atoms with E-state index < -0.39 is 10.8 Å². The molecule has 1 amide bonds. The van der Waals surface area contributed by atoms with Gasteiger partial charge in [0.05, 0.1) is 16.6 Å². The standard InChI is InChI=1S/C24H23FN2O5S/c25-18-2-5-20(6-3-18)33(29)15-19-4-8-22(32-19)24(28)27-11-9-26(10-12-27)14-17-1-7-21-23(13-17)31-16-30-21/h1-8,13H,9-12,14-16H2. The average Bonchev–Trinajstić information content (AvgIpc) is 3.49. The molecule has 0 N–H and O–H groups in total. The van der Waals surface area contributed by atoms with E-state index in [1.807, 2.05) is 18.2 Å². The Morgan fingerprint density at radius 1 is 0.939 bits per heavy atom. The first kappa shape index (κ1) is 21.7. The van der Waals surface area contributed by atoms with Gasteiger partial charge in [0.1, 0.15) is 11.6 Å². The fourth-order valence-electron chi connectivity index (χ4n) is 3.93. The molecule has 0 spiro atoms. The van der Waals surface area contributed by atoms with Crippen molar-refractivity contribution in [3.05, 3.63) is 77.5 Å². The summed E-state index contributed by atoms with van der Waals surface area (Å²) in [4.78, 5) is 17.4. The van der Waals surface area contributed by atoms with E-state index in [0.29, 0.717) is 23.7 Å². The zero-order chi connectivity index (χ0) is 22.8. The van der Waals surface area contributed by atoms with Gasteiger partial charge in [0.2, 0.25) is 6.79 Å². The van der Waals surface area contributed by atoms with Crippen molar-refractivity contribution in [1.29, 1.82) is 0 Å². The van der Waals surface area contributed by atoms with E-state index >= 15 is 0 Å². The number of piperazine rings is 1. The molecule has 1 aromatic heterocycles. The maximum absolute atomic E-state index is 13.1. The SMILES string of the molecule is O=C(c1ccc(CS(=O)c2ccc(F)cc2)o1)N1CCN(Cc2ccc3c(c2)OCO3)CC1. The number of carbonyl (C=O) groups excluding carboxylic acids is 1. The summed E-state index contributed by atoms with van der Waals surface area (Å²) in [6.07, 6.45) is 0. The van der Waals surface area contributed by atoms with E-state index in [0.717, 1.165) is 36.7 Å². The number of amides is 1. The second kappa shape index (κ2) is 9.36. The molecule has 33 heavy (non-hydrogen) atoms.